The third kappa shape index (κ3) is 2.32. The van der Waals surface area contributed by atoms with Gasteiger partial charge in [-0.3, -0.25) is 4.79 Å². The minimum absolute atomic E-state index is 0. The van der Waals surface area contributed by atoms with Crippen molar-refractivity contribution in [2.75, 3.05) is 0 Å². The minimum Gasteiger partial charge on any atom is -0.438 e. The predicted molar refractivity (Wildman–Crippen MR) is 48.3 cm³/mol. The second-order valence-electron chi connectivity index (χ2n) is 3.47. The number of rotatable bonds is 3. The summed E-state index contributed by atoms with van der Waals surface area (Å²) in [5.74, 6) is 0.774. The number of hydrogen-bond acceptors (Lipinski definition) is 3. The maximum Gasteiger partial charge on any atom is 0.288 e. The molecule has 14 heavy (non-hydrogen) atoms. The maximum atomic E-state index is 11.4. The Morgan fingerprint density at radius 3 is 2.93 bits per heavy atom. The highest BCUT2D eigenvalue weighted by atomic mass is 16.3. The van der Waals surface area contributed by atoms with Gasteiger partial charge in [0.1, 0.15) is 0 Å². The summed E-state index contributed by atoms with van der Waals surface area (Å²) in [6.07, 6.45) is 5.13. The van der Waals surface area contributed by atoms with Crippen LogP contribution in [0, 0.1) is 5.92 Å². The van der Waals surface area contributed by atoms with E-state index in [4.69, 9.17) is 4.42 Å². The number of nitrogens with one attached hydrogen (secondary N) is 1. The van der Waals surface area contributed by atoms with Crippen molar-refractivity contribution in [2.45, 2.75) is 25.8 Å². The Morgan fingerprint density at radius 2 is 2.43 bits per heavy atom. The third-order valence-electron chi connectivity index (χ3n) is 2.34. The Morgan fingerprint density at radius 1 is 1.71 bits per heavy atom. The van der Waals surface area contributed by atoms with Crippen molar-refractivity contribution in [3.8, 4) is 0 Å². The standard InChI is InChI=1S/C9H12N2O2.N/c1-6(7-2-3-7)11-9(12)8-4-10-5-13-8;/h4-7H,2-3H2,1H3,(H,11,12);/t6-;/m0./s1. The van der Waals surface area contributed by atoms with Gasteiger partial charge in [0.15, 0.2) is 6.39 Å². The van der Waals surface area contributed by atoms with E-state index >= 15 is 0 Å². The molecule has 0 aliphatic heterocycles. The molecular formula is C9H12N3O2. The number of carbonyl (C=O) groups excluding carboxylic acids is 1. The number of hydrogen-bond donors (Lipinski definition) is 1. The van der Waals surface area contributed by atoms with Crippen LogP contribution in [0.4, 0.5) is 0 Å². The Balaban J connectivity index is 0.000000980. The highest BCUT2D eigenvalue weighted by Crippen LogP contribution is 2.32. The van der Waals surface area contributed by atoms with Gasteiger partial charge in [0.05, 0.1) is 6.20 Å². The number of amides is 1. The van der Waals surface area contributed by atoms with E-state index in [9.17, 15) is 4.79 Å². The zero-order chi connectivity index (χ0) is 9.26. The number of nitrogens with zero attached hydrogens (tertiary/aromatic N) is 2. The zero-order valence-electron chi connectivity index (χ0n) is 7.93. The van der Waals surface area contributed by atoms with Gasteiger partial charge in [-0.25, -0.2) is 4.98 Å². The van der Waals surface area contributed by atoms with E-state index in [1.807, 2.05) is 6.92 Å². The average molecular weight is 194 g/mol. The summed E-state index contributed by atoms with van der Waals surface area (Å²) in [5.41, 5.74) is 0. The van der Waals surface area contributed by atoms with E-state index in [0.29, 0.717) is 5.92 Å². The molecule has 1 saturated carbocycles. The lowest BCUT2D eigenvalue weighted by Crippen LogP contribution is -2.33. The van der Waals surface area contributed by atoms with E-state index < -0.39 is 0 Å². The van der Waals surface area contributed by atoms with Crippen LogP contribution in [0.25, 0.3) is 0 Å². The second kappa shape index (κ2) is 4.23. The van der Waals surface area contributed by atoms with Gasteiger partial charge >= 0.3 is 0 Å². The molecular weight excluding hydrogens is 182 g/mol. The quantitative estimate of drug-likeness (QED) is 0.769. The van der Waals surface area contributed by atoms with Gasteiger partial charge in [-0.2, -0.15) is 0 Å². The van der Waals surface area contributed by atoms with Gasteiger partial charge in [-0.1, -0.05) is 0 Å². The van der Waals surface area contributed by atoms with Crippen LogP contribution in [-0.4, -0.2) is 16.9 Å². The normalized spacial score (nSPS) is 16.9. The van der Waals surface area contributed by atoms with Crippen LogP contribution in [0.15, 0.2) is 17.0 Å². The molecule has 0 unspecified atom stereocenters. The van der Waals surface area contributed by atoms with E-state index in [1.165, 1.54) is 25.4 Å². The number of carbonyl (C=O) groups is 1. The van der Waals surface area contributed by atoms with E-state index in [-0.39, 0.29) is 23.9 Å². The Kier molecular flexibility index (Phi) is 3.24. The van der Waals surface area contributed by atoms with Crippen LogP contribution >= 0.6 is 0 Å². The highest BCUT2D eigenvalue weighted by Gasteiger charge is 2.29. The summed E-state index contributed by atoms with van der Waals surface area (Å²) in [6.45, 7) is 2.02. The van der Waals surface area contributed by atoms with Gasteiger partial charge in [-0.15, -0.1) is 0 Å². The lowest BCUT2D eigenvalue weighted by atomic mass is 10.2. The first kappa shape index (κ1) is 10.7. The van der Waals surface area contributed by atoms with E-state index in [0.717, 1.165) is 0 Å². The lowest BCUT2D eigenvalue weighted by molar-refractivity contribution is 0.0908. The molecule has 0 aromatic carbocycles. The fourth-order valence-corrected chi connectivity index (χ4v) is 1.32. The molecule has 1 N–H and O–H groups in total. The fraction of sp³-hybridized carbons (Fsp3) is 0.556. The van der Waals surface area contributed by atoms with E-state index in [1.54, 1.807) is 0 Å². The van der Waals surface area contributed by atoms with Crippen molar-refractivity contribution in [1.82, 2.24) is 16.5 Å². The molecule has 3 radical (unpaired) electrons. The van der Waals surface area contributed by atoms with Crippen molar-refractivity contribution in [3.63, 3.8) is 0 Å². The molecule has 1 fully saturated rings. The predicted octanol–water partition coefficient (Wildman–Crippen LogP) is 0.722. The van der Waals surface area contributed by atoms with Crippen LogP contribution in [0.5, 0.6) is 0 Å². The smallest absolute Gasteiger partial charge is 0.288 e. The highest BCUT2D eigenvalue weighted by molar-refractivity contribution is 5.91. The number of oxazole rings is 1. The molecule has 0 spiro atoms. The molecule has 1 atom stereocenters. The molecule has 2 rings (SSSR count). The monoisotopic (exact) mass is 194 g/mol. The molecule has 1 aliphatic rings. The SMILES string of the molecule is C[C@H](NC(=O)c1cnco1)C1CC1.[N]. The second-order valence-corrected chi connectivity index (χ2v) is 3.47. The lowest BCUT2D eigenvalue weighted by Gasteiger charge is -2.10. The topological polar surface area (TPSA) is 85.6 Å². The molecule has 0 saturated heterocycles. The first-order chi connectivity index (χ1) is 6.27. The Hall–Kier alpha value is -1.36. The molecule has 1 aromatic heterocycles. The maximum absolute atomic E-state index is 11.4. The van der Waals surface area contributed by atoms with Gasteiger partial charge in [-0.05, 0) is 25.7 Å². The zero-order valence-corrected chi connectivity index (χ0v) is 7.93. The van der Waals surface area contributed by atoms with Crippen molar-refractivity contribution in [3.05, 3.63) is 18.4 Å². The molecule has 5 heteroatoms. The van der Waals surface area contributed by atoms with Crippen LogP contribution in [0.2, 0.25) is 0 Å². The molecule has 1 amide bonds. The molecule has 1 heterocycles. The average Bonchev–Trinajstić information content (AvgIpc) is 2.81. The van der Waals surface area contributed by atoms with Gasteiger partial charge in [0.25, 0.3) is 5.91 Å². The van der Waals surface area contributed by atoms with Crippen LogP contribution in [-0.2, 0) is 0 Å². The summed E-state index contributed by atoms with van der Waals surface area (Å²) >= 11 is 0. The third-order valence-corrected chi connectivity index (χ3v) is 2.34. The van der Waals surface area contributed by atoms with Gasteiger partial charge in [0.2, 0.25) is 5.76 Å². The summed E-state index contributed by atoms with van der Waals surface area (Å²) in [7, 11) is 0. The number of aromatic nitrogens is 1. The van der Waals surface area contributed by atoms with E-state index in [2.05, 4.69) is 10.3 Å². The summed E-state index contributed by atoms with van der Waals surface area (Å²) in [6, 6.07) is 0.248. The van der Waals surface area contributed by atoms with Crippen molar-refractivity contribution < 1.29 is 9.21 Å². The Bertz CT molecular complexity index is 293. The summed E-state index contributed by atoms with van der Waals surface area (Å²) < 4.78 is 4.87. The van der Waals surface area contributed by atoms with Crippen molar-refractivity contribution in [1.29, 1.82) is 0 Å². The van der Waals surface area contributed by atoms with Crippen LogP contribution in [0.1, 0.15) is 30.3 Å². The molecule has 75 valence electrons. The van der Waals surface area contributed by atoms with Crippen LogP contribution in [0.3, 0.4) is 0 Å². The molecule has 0 bridgehead atoms. The Labute approximate surface area is 82.5 Å². The van der Waals surface area contributed by atoms with Gasteiger partial charge in [0, 0.05) is 12.2 Å². The van der Waals surface area contributed by atoms with Crippen molar-refractivity contribution >= 4 is 5.91 Å². The summed E-state index contributed by atoms with van der Waals surface area (Å²) in [5, 5.41) is 2.87. The summed E-state index contributed by atoms with van der Waals surface area (Å²) in [4.78, 5) is 15.1. The first-order valence-electron chi connectivity index (χ1n) is 4.46. The first-order valence-corrected chi connectivity index (χ1v) is 4.46. The molecule has 1 aromatic rings. The minimum atomic E-state index is -0.170. The van der Waals surface area contributed by atoms with Crippen LogP contribution < -0.4 is 11.5 Å². The van der Waals surface area contributed by atoms with Gasteiger partial charge < -0.3 is 9.73 Å². The van der Waals surface area contributed by atoms with Crippen molar-refractivity contribution in [2.24, 2.45) is 5.92 Å². The fourth-order valence-electron chi connectivity index (χ4n) is 1.32. The largest absolute Gasteiger partial charge is 0.438 e. The molecule has 1 aliphatic carbocycles. The molecule has 5 nitrogen and oxygen atoms in total.